The fraction of sp³-hybridized carbons (Fsp3) is 0.0769. The maximum Gasteiger partial charge on any atom is 0.270 e. The lowest BCUT2D eigenvalue weighted by Crippen LogP contribution is -1.91. The SMILES string of the molecule is Cc1ccc(O)c(N=Nc2ccc([N+](=O)[O-])cc2-c2cc([N+](=O)[O-])ccc2N=Nc2cc(C)ccc2O)c1. The van der Waals surface area contributed by atoms with Crippen molar-refractivity contribution >= 4 is 34.1 Å². The fourth-order valence-electron chi connectivity index (χ4n) is 3.52. The molecule has 0 bridgehead atoms. The second-order valence-corrected chi connectivity index (χ2v) is 8.30. The van der Waals surface area contributed by atoms with Gasteiger partial charge in [-0.3, -0.25) is 20.2 Å². The molecule has 0 amide bonds. The van der Waals surface area contributed by atoms with Gasteiger partial charge in [0, 0.05) is 35.4 Å². The molecular formula is C26H20N6O6. The number of non-ortho nitro benzene ring substituents is 2. The highest BCUT2D eigenvalue weighted by Gasteiger charge is 2.19. The van der Waals surface area contributed by atoms with Crippen LogP contribution in [0.15, 0.2) is 93.3 Å². The zero-order chi connectivity index (χ0) is 27.4. The van der Waals surface area contributed by atoms with Crippen molar-refractivity contribution in [2.24, 2.45) is 20.5 Å². The fourth-order valence-corrected chi connectivity index (χ4v) is 3.52. The van der Waals surface area contributed by atoms with Crippen LogP contribution in [0.1, 0.15) is 11.1 Å². The van der Waals surface area contributed by atoms with Gasteiger partial charge in [-0.15, -0.1) is 20.5 Å². The summed E-state index contributed by atoms with van der Waals surface area (Å²) < 4.78 is 0. The van der Waals surface area contributed by atoms with E-state index in [4.69, 9.17) is 0 Å². The first-order valence-corrected chi connectivity index (χ1v) is 11.1. The lowest BCUT2D eigenvalue weighted by molar-refractivity contribution is -0.385. The average Bonchev–Trinajstić information content (AvgIpc) is 2.89. The number of aryl methyl sites for hydroxylation is 2. The van der Waals surface area contributed by atoms with Crippen LogP contribution >= 0.6 is 0 Å². The molecule has 0 heterocycles. The number of azo groups is 2. The minimum atomic E-state index is -0.611. The summed E-state index contributed by atoms with van der Waals surface area (Å²) in [4.78, 5) is 21.9. The molecule has 0 aliphatic heterocycles. The molecule has 190 valence electrons. The number of phenols is 2. The van der Waals surface area contributed by atoms with Crippen molar-refractivity contribution < 1.29 is 20.1 Å². The Morgan fingerprint density at radius 2 is 0.921 bits per heavy atom. The quantitative estimate of drug-likeness (QED) is 0.144. The Hall–Kier alpha value is -5.52. The second-order valence-electron chi connectivity index (χ2n) is 8.30. The van der Waals surface area contributed by atoms with Gasteiger partial charge in [0.2, 0.25) is 0 Å². The molecule has 4 rings (SSSR count). The van der Waals surface area contributed by atoms with E-state index < -0.39 is 9.85 Å². The third-order valence-electron chi connectivity index (χ3n) is 5.46. The van der Waals surface area contributed by atoms with Crippen molar-refractivity contribution in [1.82, 2.24) is 0 Å². The summed E-state index contributed by atoms with van der Waals surface area (Å²) in [6.07, 6.45) is 0. The Morgan fingerprint density at radius 3 is 1.29 bits per heavy atom. The summed E-state index contributed by atoms with van der Waals surface area (Å²) in [5.41, 5.74) is 1.92. The molecule has 0 aliphatic rings. The molecule has 0 spiro atoms. The molecule has 0 fully saturated rings. The molecule has 0 radical (unpaired) electrons. The van der Waals surface area contributed by atoms with E-state index in [1.807, 2.05) is 13.8 Å². The minimum absolute atomic E-state index is 0.120. The van der Waals surface area contributed by atoms with Gasteiger partial charge in [-0.1, -0.05) is 12.1 Å². The summed E-state index contributed by atoms with van der Waals surface area (Å²) in [7, 11) is 0. The first-order valence-electron chi connectivity index (χ1n) is 11.1. The van der Waals surface area contributed by atoms with E-state index in [1.165, 1.54) is 48.5 Å². The van der Waals surface area contributed by atoms with Gasteiger partial charge in [0.15, 0.2) is 0 Å². The van der Waals surface area contributed by atoms with Crippen LogP contribution in [0.2, 0.25) is 0 Å². The maximum atomic E-state index is 11.5. The molecule has 2 N–H and O–H groups in total. The lowest BCUT2D eigenvalue weighted by atomic mass is 10.0. The summed E-state index contributed by atoms with van der Waals surface area (Å²) in [6, 6.07) is 17.0. The van der Waals surface area contributed by atoms with Crippen LogP contribution in [-0.4, -0.2) is 20.1 Å². The highest BCUT2D eigenvalue weighted by atomic mass is 16.6. The zero-order valence-electron chi connectivity index (χ0n) is 20.1. The zero-order valence-corrected chi connectivity index (χ0v) is 20.1. The van der Waals surface area contributed by atoms with Crippen molar-refractivity contribution in [2.45, 2.75) is 13.8 Å². The van der Waals surface area contributed by atoms with Gasteiger partial charge in [0.25, 0.3) is 11.4 Å². The molecule has 0 aromatic heterocycles. The maximum absolute atomic E-state index is 11.5. The molecule has 4 aromatic rings. The first-order chi connectivity index (χ1) is 18.1. The van der Waals surface area contributed by atoms with Crippen LogP contribution < -0.4 is 0 Å². The lowest BCUT2D eigenvalue weighted by Gasteiger charge is -2.09. The second kappa shape index (κ2) is 10.6. The molecule has 0 unspecified atom stereocenters. The van der Waals surface area contributed by atoms with Crippen molar-refractivity contribution in [3.63, 3.8) is 0 Å². The van der Waals surface area contributed by atoms with Crippen molar-refractivity contribution in [1.29, 1.82) is 0 Å². The monoisotopic (exact) mass is 512 g/mol. The number of phenolic OH excluding ortho intramolecular Hbond substituents is 2. The van der Waals surface area contributed by atoms with Crippen molar-refractivity contribution in [3.05, 3.63) is 104 Å². The van der Waals surface area contributed by atoms with Crippen LogP contribution in [0.25, 0.3) is 11.1 Å². The van der Waals surface area contributed by atoms with Crippen molar-refractivity contribution in [3.8, 4) is 22.6 Å². The van der Waals surface area contributed by atoms with Gasteiger partial charge in [0.1, 0.15) is 22.9 Å². The Labute approximate surface area is 215 Å². The standard InChI is InChI=1S/C26H20N6O6/c1-15-3-9-25(33)23(11-15)29-27-21-7-5-17(31(35)36)13-19(21)20-14-18(32(37)38)6-8-22(20)28-30-24-12-16(2)4-10-26(24)34/h3-14,33-34H,1-2H3. The van der Waals surface area contributed by atoms with E-state index in [9.17, 15) is 30.4 Å². The Morgan fingerprint density at radius 1 is 0.553 bits per heavy atom. The van der Waals surface area contributed by atoms with Crippen LogP contribution in [0.3, 0.4) is 0 Å². The smallest absolute Gasteiger partial charge is 0.270 e. The molecule has 0 atom stereocenters. The third-order valence-corrected chi connectivity index (χ3v) is 5.46. The van der Waals surface area contributed by atoms with Gasteiger partial charge in [-0.25, -0.2) is 0 Å². The highest BCUT2D eigenvalue weighted by Crippen LogP contribution is 2.42. The highest BCUT2D eigenvalue weighted by molar-refractivity contribution is 5.86. The molecule has 0 aliphatic carbocycles. The molecule has 12 heteroatoms. The molecule has 0 saturated carbocycles. The Balaban J connectivity index is 1.91. The third kappa shape index (κ3) is 5.65. The summed E-state index contributed by atoms with van der Waals surface area (Å²) in [6.45, 7) is 3.62. The minimum Gasteiger partial charge on any atom is -0.506 e. The predicted molar refractivity (Wildman–Crippen MR) is 139 cm³/mol. The van der Waals surface area contributed by atoms with Gasteiger partial charge in [0.05, 0.1) is 21.2 Å². The summed E-state index contributed by atoms with van der Waals surface area (Å²) in [5.74, 6) is -0.240. The van der Waals surface area contributed by atoms with E-state index in [2.05, 4.69) is 20.5 Å². The number of nitrogens with zero attached hydrogens (tertiary/aromatic N) is 6. The Bertz CT molecular complexity index is 1510. The van der Waals surface area contributed by atoms with Crippen molar-refractivity contribution in [2.75, 3.05) is 0 Å². The van der Waals surface area contributed by atoms with E-state index in [0.717, 1.165) is 11.1 Å². The van der Waals surface area contributed by atoms with Gasteiger partial charge >= 0.3 is 0 Å². The number of benzene rings is 4. The van der Waals surface area contributed by atoms with Gasteiger partial charge in [-0.2, -0.15) is 0 Å². The average molecular weight is 512 g/mol. The molecule has 0 saturated heterocycles. The van der Waals surface area contributed by atoms with E-state index in [0.29, 0.717) is 0 Å². The number of hydrogen-bond acceptors (Lipinski definition) is 10. The molecule has 4 aromatic carbocycles. The van der Waals surface area contributed by atoms with Crippen LogP contribution in [0.4, 0.5) is 34.1 Å². The van der Waals surface area contributed by atoms with Crippen LogP contribution in [-0.2, 0) is 0 Å². The normalized spacial score (nSPS) is 11.3. The van der Waals surface area contributed by atoms with Crippen LogP contribution in [0, 0.1) is 34.1 Å². The number of aromatic hydroxyl groups is 2. The Kier molecular flexibility index (Phi) is 7.15. The first kappa shape index (κ1) is 25.6. The van der Waals surface area contributed by atoms with E-state index in [1.54, 1.807) is 24.3 Å². The molecule has 12 nitrogen and oxygen atoms in total. The van der Waals surface area contributed by atoms with E-state index >= 15 is 0 Å². The predicted octanol–water partition coefficient (Wildman–Crippen LogP) is 8.03. The number of rotatable bonds is 7. The number of hydrogen-bond donors (Lipinski definition) is 2. The van der Waals surface area contributed by atoms with Crippen LogP contribution in [0.5, 0.6) is 11.5 Å². The van der Waals surface area contributed by atoms with Gasteiger partial charge < -0.3 is 10.2 Å². The summed E-state index contributed by atoms with van der Waals surface area (Å²) in [5, 5.41) is 59.8. The molecule has 38 heavy (non-hydrogen) atoms. The summed E-state index contributed by atoms with van der Waals surface area (Å²) >= 11 is 0. The topological polar surface area (TPSA) is 176 Å². The van der Waals surface area contributed by atoms with Gasteiger partial charge in [-0.05, 0) is 61.4 Å². The number of nitro groups is 2. The largest absolute Gasteiger partial charge is 0.506 e. The van der Waals surface area contributed by atoms with E-state index in [-0.39, 0.29) is 56.8 Å². The number of nitro benzene ring substituents is 2. The molecular weight excluding hydrogens is 492 g/mol.